The van der Waals surface area contributed by atoms with Crippen LogP contribution in [-0.4, -0.2) is 5.78 Å². The minimum Gasteiger partial charge on any atom is -0.372 e. The molecule has 0 unspecified atom stereocenters. The topological polar surface area (TPSA) is 41.1 Å². The van der Waals surface area contributed by atoms with Crippen LogP contribution in [0.4, 0.5) is 24.5 Å². The van der Waals surface area contributed by atoms with E-state index in [1.54, 1.807) is 0 Å². The van der Waals surface area contributed by atoms with E-state index in [4.69, 9.17) is 0 Å². The molecule has 4 rings (SSSR count). The first-order chi connectivity index (χ1) is 13.9. The van der Waals surface area contributed by atoms with Crippen molar-refractivity contribution in [3.63, 3.8) is 0 Å². The average Bonchev–Trinajstić information content (AvgIpc) is 2.77. The predicted octanol–water partition coefficient (Wildman–Crippen LogP) is 6.54. The van der Waals surface area contributed by atoms with Crippen molar-refractivity contribution in [2.75, 3.05) is 10.6 Å². The number of aryl methyl sites for hydroxylation is 2. The zero-order valence-electron chi connectivity index (χ0n) is 17.5. The van der Waals surface area contributed by atoms with Crippen LogP contribution < -0.4 is 10.6 Å². The number of rotatable bonds is 1. The molecule has 2 aromatic rings. The lowest BCUT2D eigenvalue weighted by Crippen LogP contribution is -2.31. The molecule has 0 saturated carbocycles. The maximum Gasteiger partial charge on any atom is 0.416 e. The maximum absolute atomic E-state index is 13.2. The number of carbonyl (C=O) groups is 1. The molecule has 0 radical (unpaired) electrons. The third kappa shape index (κ3) is 3.71. The van der Waals surface area contributed by atoms with E-state index in [0.717, 1.165) is 40.3 Å². The molecular formula is C24H25F3N2O. The second kappa shape index (κ2) is 6.89. The first-order valence-electron chi connectivity index (χ1n) is 10.0. The van der Waals surface area contributed by atoms with Gasteiger partial charge in [0, 0.05) is 17.7 Å². The molecule has 0 saturated heterocycles. The number of hydrogen-bond acceptors (Lipinski definition) is 3. The Bertz CT molecular complexity index is 1050. The summed E-state index contributed by atoms with van der Waals surface area (Å²) in [6, 6.07) is 8.63. The van der Waals surface area contributed by atoms with E-state index in [2.05, 4.69) is 24.5 Å². The monoisotopic (exact) mass is 414 g/mol. The number of ketones is 1. The number of nitrogens with one attached hydrogen (secondary N) is 2. The van der Waals surface area contributed by atoms with Gasteiger partial charge in [-0.05, 0) is 66.6 Å². The smallest absolute Gasteiger partial charge is 0.372 e. The van der Waals surface area contributed by atoms with Crippen LogP contribution in [0.25, 0.3) is 0 Å². The highest BCUT2D eigenvalue weighted by molar-refractivity contribution is 6.01. The third-order valence-corrected chi connectivity index (χ3v) is 6.00. The van der Waals surface area contributed by atoms with Crippen molar-refractivity contribution >= 4 is 17.2 Å². The quantitative estimate of drug-likeness (QED) is 0.556. The molecule has 6 heteroatoms. The largest absolute Gasteiger partial charge is 0.416 e. The molecule has 1 aliphatic carbocycles. The number of anilines is 2. The van der Waals surface area contributed by atoms with Crippen LogP contribution in [0, 0.1) is 19.3 Å². The molecule has 0 aromatic heterocycles. The number of halogens is 3. The van der Waals surface area contributed by atoms with E-state index in [0.29, 0.717) is 24.0 Å². The molecule has 0 spiro atoms. The minimum absolute atomic E-state index is 0.0207. The van der Waals surface area contributed by atoms with Crippen LogP contribution in [0.2, 0.25) is 0 Å². The van der Waals surface area contributed by atoms with Crippen LogP contribution in [0.15, 0.2) is 47.7 Å². The van der Waals surface area contributed by atoms with Crippen LogP contribution in [-0.2, 0) is 11.0 Å². The molecule has 0 bridgehead atoms. The van der Waals surface area contributed by atoms with Crippen molar-refractivity contribution in [3.8, 4) is 0 Å². The summed E-state index contributed by atoms with van der Waals surface area (Å²) in [5, 5.41) is 6.90. The van der Waals surface area contributed by atoms with E-state index in [9.17, 15) is 18.0 Å². The van der Waals surface area contributed by atoms with Crippen molar-refractivity contribution in [1.82, 2.24) is 0 Å². The van der Waals surface area contributed by atoms with Gasteiger partial charge in [-0.3, -0.25) is 4.79 Å². The highest BCUT2D eigenvalue weighted by Crippen LogP contribution is 2.46. The molecule has 30 heavy (non-hydrogen) atoms. The lowest BCUT2D eigenvalue weighted by molar-refractivity contribution is -0.137. The Kier molecular flexibility index (Phi) is 4.71. The number of allylic oxidation sites excluding steroid dienone is 1. The Morgan fingerprint density at radius 3 is 2.17 bits per heavy atom. The molecule has 0 amide bonds. The summed E-state index contributed by atoms with van der Waals surface area (Å²) in [5.41, 5.74) is 5.15. The van der Waals surface area contributed by atoms with Gasteiger partial charge in [0.05, 0.1) is 23.0 Å². The highest BCUT2D eigenvalue weighted by Gasteiger charge is 2.39. The fraction of sp³-hybridized carbons (Fsp3) is 0.375. The standard InChI is InChI=1S/C24H25F3N2O/c1-13-9-17-18(10-14(13)2)29-22(15-5-7-16(8-6-15)24(25,26)27)21-19(28-17)11-23(3,4)12-20(21)30/h5-10,22,28-29H,11-12H2,1-4H3/t22-/m0/s1. The van der Waals surface area contributed by atoms with E-state index < -0.39 is 17.8 Å². The number of alkyl halides is 3. The van der Waals surface area contributed by atoms with Crippen molar-refractivity contribution in [1.29, 1.82) is 0 Å². The van der Waals surface area contributed by atoms with Gasteiger partial charge in [0.2, 0.25) is 0 Å². The molecule has 0 fully saturated rings. The Balaban J connectivity index is 1.86. The fourth-order valence-corrected chi connectivity index (χ4v) is 4.32. The number of fused-ring (bicyclic) bond motifs is 1. The second-order valence-electron chi connectivity index (χ2n) is 9.14. The fourth-order valence-electron chi connectivity index (χ4n) is 4.32. The van der Waals surface area contributed by atoms with Crippen LogP contribution in [0.1, 0.15) is 55.0 Å². The molecule has 2 aliphatic rings. The van der Waals surface area contributed by atoms with E-state index in [1.807, 2.05) is 26.0 Å². The minimum atomic E-state index is -4.40. The van der Waals surface area contributed by atoms with Crippen molar-refractivity contribution in [2.45, 2.75) is 52.8 Å². The zero-order valence-corrected chi connectivity index (χ0v) is 17.5. The lowest BCUT2D eigenvalue weighted by atomic mass is 9.73. The normalized spacial score (nSPS) is 20.6. The molecule has 2 N–H and O–H groups in total. The summed E-state index contributed by atoms with van der Waals surface area (Å²) >= 11 is 0. The van der Waals surface area contributed by atoms with Gasteiger partial charge >= 0.3 is 6.18 Å². The number of Topliss-reactive ketones (excluding diaryl/α,β-unsaturated/α-hetero) is 1. The van der Waals surface area contributed by atoms with Gasteiger partial charge in [0.25, 0.3) is 0 Å². The number of carbonyl (C=O) groups excluding carboxylic acids is 1. The SMILES string of the molecule is Cc1cc2c(cc1C)N[C@@H](c1ccc(C(F)(F)F)cc1)C1=C(CC(C)(C)CC1=O)N2. The van der Waals surface area contributed by atoms with Gasteiger partial charge in [0.1, 0.15) is 0 Å². The van der Waals surface area contributed by atoms with Crippen molar-refractivity contribution in [3.05, 3.63) is 69.9 Å². The Morgan fingerprint density at radius 1 is 0.967 bits per heavy atom. The maximum atomic E-state index is 13.2. The summed E-state index contributed by atoms with van der Waals surface area (Å²) in [7, 11) is 0. The first-order valence-corrected chi connectivity index (χ1v) is 10.0. The van der Waals surface area contributed by atoms with Gasteiger partial charge in [-0.1, -0.05) is 26.0 Å². The van der Waals surface area contributed by atoms with Gasteiger partial charge in [-0.25, -0.2) is 0 Å². The molecule has 158 valence electrons. The van der Waals surface area contributed by atoms with E-state index in [-0.39, 0.29) is 11.2 Å². The Hall–Kier alpha value is -2.76. The highest BCUT2D eigenvalue weighted by atomic mass is 19.4. The number of hydrogen-bond donors (Lipinski definition) is 2. The first kappa shape index (κ1) is 20.5. The lowest BCUT2D eigenvalue weighted by Gasteiger charge is -2.34. The predicted molar refractivity (Wildman–Crippen MR) is 112 cm³/mol. The average molecular weight is 414 g/mol. The Labute approximate surface area is 174 Å². The van der Waals surface area contributed by atoms with Crippen LogP contribution in [0.3, 0.4) is 0 Å². The molecular weight excluding hydrogens is 389 g/mol. The van der Waals surface area contributed by atoms with Gasteiger partial charge in [0.15, 0.2) is 5.78 Å². The molecule has 3 nitrogen and oxygen atoms in total. The van der Waals surface area contributed by atoms with Crippen LogP contribution in [0.5, 0.6) is 0 Å². The van der Waals surface area contributed by atoms with Crippen molar-refractivity contribution in [2.24, 2.45) is 5.41 Å². The summed E-state index contributed by atoms with van der Waals surface area (Å²) in [6.45, 7) is 8.16. The van der Waals surface area contributed by atoms with Gasteiger partial charge in [-0.2, -0.15) is 13.2 Å². The van der Waals surface area contributed by atoms with Gasteiger partial charge in [-0.15, -0.1) is 0 Å². The Morgan fingerprint density at radius 2 is 1.57 bits per heavy atom. The zero-order chi connectivity index (χ0) is 21.8. The summed E-state index contributed by atoms with van der Waals surface area (Å²) < 4.78 is 39.1. The van der Waals surface area contributed by atoms with E-state index >= 15 is 0 Å². The molecule has 1 atom stereocenters. The molecule has 1 heterocycles. The summed E-state index contributed by atoms with van der Waals surface area (Å²) in [4.78, 5) is 13.2. The van der Waals surface area contributed by atoms with E-state index in [1.165, 1.54) is 12.1 Å². The third-order valence-electron chi connectivity index (χ3n) is 6.00. The molecule has 1 aliphatic heterocycles. The summed E-state index contributed by atoms with van der Waals surface area (Å²) in [5.74, 6) is 0.0207. The summed E-state index contributed by atoms with van der Waals surface area (Å²) in [6.07, 6.45) is -3.30. The molecule has 2 aromatic carbocycles. The second-order valence-corrected chi connectivity index (χ2v) is 9.14. The number of benzene rings is 2. The van der Waals surface area contributed by atoms with Crippen LogP contribution >= 0.6 is 0 Å². The van der Waals surface area contributed by atoms with Crippen molar-refractivity contribution < 1.29 is 18.0 Å². The van der Waals surface area contributed by atoms with Gasteiger partial charge < -0.3 is 10.6 Å².